The van der Waals surface area contributed by atoms with E-state index in [1.54, 1.807) is 37.4 Å². The predicted molar refractivity (Wildman–Crippen MR) is 122 cm³/mol. The summed E-state index contributed by atoms with van der Waals surface area (Å²) in [5.41, 5.74) is 0.725. The van der Waals surface area contributed by atoms with E-state index in [-0.39, 0.29) is 44.2 Å². The van der Waals surface area contributed by atoms with E-state index >= 15 is 0 Å². The highest BCUT2D eigenvalue weighted by molar-refractivity contribution is 5.91. The van der Waals surface area contributed by atoms with Crippen LogP contribution in [0.3, 0.4) is 0 Å². The van der Waals surface area contributed by atoms with Crippen LogP contribution in [0, 0.1) is 0 Å². The zero-order valence-electron chi connectivity index (χ0n) is 19.6. The number of benzene rings is 1. The molecule has 0 bridgehead atoms. The fourth-order valence-electron chi connectivity index (χ4n) is 3.62. The highest BCUT2D eigenvalue weighted by Crippen LogP contribution is 2.31. The van der Waals surface area contributed by atoms with Gasteiger partial charge in [-0.15, -0.1) is 0 Å². The number of likely N-dealkylation sites (N-methyl/N-ethyl adjacent to an activating group) is 1. The Kier molecular flexibility index (Phi) is 9.61. The molecule has 1 aliphatic rings. The minimum absolute atomic E-state index is 0.0542. The van der Waals surface area contributed by atoms with Crippen molar-refractivity contribution in [1.82, 2.24) is 4.90 Å². The van der Waals surface area contributed by atoms with Crippen molar-refractivity contribution in [1.29, 1.82) is 0 Å². The summed E-state index contributed by atoms with van der Waals surface area (Å²) in [5, 5.41) is 9.29. The van der Waals surface area contributed by atoms with Crippen LogP contribution in [0.2, 0.25) is 0 Å². The van der Waals surface area contributed by atoms with Crippen molar-refractivity contribution in [3.63, 3.8) is 0 Å². The van der Waals surface area contributed by atoms with E-state index < -0.39 is 24.4 Å². The molecule has 2 unspecified atom stereocenters. The minimum atomic E-state index is -0.786. The number of allylic oxidation sites excluding steroid dienone is 1. The number of amides is 1. The van der Waals surface area contributed by atoms with Crippen molar-refractivity contribution in [2.45, 2.75) is 24.9 Å². The monoisotopic (exact) mass is 477 g/mol. The fourth-order valence-corrected chi connectivity index (χ4v) is 3.62. The molecule has 0 saturated carbocycles. The number of carbonyl (C=O) groups excluding carboxylic acids is 1. The number of carbonyl (C=O) groups is 1. The molecule has 1 aromatic heterocycles. The molecule has 10 nitrogen and oxygen atoms in total. The molecule has 1 aromatic carbocycles. The highest BCUT2D eigenvalue weighted by Gasteiger charge is 2.32. The molecule has 0 saturated heterocycles. The lowest BCUT2D eigenvalue weighted by atomic mass is 9.93. The second kappa shape index (κ2) is 12.6. The summed E-state index contributed by atoms with van der Waals surface area (Å²) >= 11 is 0. The van der Waals surface area contributed by atoms with Crippen molar-refractivity contribution in [3.8, 4) is 0 Å². The van der Waals surface area contributed by atoms with Crippen LogP contribution in [0.15, 0.2) is 51.6 Å². The lowest BCUT2D eigenvalue weighted by Gasteiger charge is -2.31. The van der Waals surface area contributed by atoms with Crippen LogP contribution >= 0.6 is 0 Å². The number of rotatable bonds is 12. The van der Waals surface area contributed by atoms with Crippen LogP contribution in [0.5, 0.6) is 0 Å². The highest BCUT2D eigenvalue weighted by atomic mass is 16.7. The second-order valence-electron chi connectivity index (χ2n) is 7.73. The van der Waals surface area contributed by atoms with E-state index in [0.717, 1.165) is 0 Å². The lowest BCUT2D eigenvalue weighted by Crippen LogP contribution is -2.39. The average molecular weight is 478 g/mol. The Balaban J connectivity index is 1.85. The molecule has 0 radical (unpaired) electrons. The molecule has 0 aliphatic carbocycles. The Morgan fingerprint density at radius 2 is 1.97 bits per heavy atom. The summed E-state index contributed by atoms with van der Waals surface area (Å²) < 4.78 is 32.9. The molecule has 0 fully saturated rings. The van der Waals surface area contributed by atoms with Gasteiger partial charge in [-0.1, -0.05) is 12.1 Å². The molecule has 3 rings (SSSR count). The molecule has 0 spiro atoms. The van der Waals surface area contributed by atoms with Gasteiger partial charge in [0.1, 0.15) is 5.58 Å². The average Bonchev–Trinajstić information content (AvgIpc) is 2.86. The number of aliphatic hydroxyl groups is 1. The smallest absolute Gasteiger partial charge is 0.288 e. The topological polar surface area (TPSA) is 117 Å². The molecule has 1 aliphatic heterocycles. The van der Waals surface area contributed by atoms with Gasteiger partial charge < -0.3 is 38.1 Å². The lowest BCUT2D eigenvalue weighted by molar-refractivity contribution is -0.161. The maximum atomic E-state index is 13.2. The Labute approximate surface area is 197 Å². The third-order valence-electron chi connectivity index (χ3n) is 5.44. The van der Waals surface area contributed by atoms with Crippen LogP contribution in [0.1, 0.15) is 17.9 Å². The number of hydrogen-bond donors (Lipinski definition) is 1. The van der Waals surface area contributed by atoms with Crippen molar-refractivity contribution >= 4 is 16.9 Å². The Morgan fingerprint density at radius 1 is 1.21 bits per heavy atom. The maximum Gasteiger partial charge on any atom is 0.288 e. The van der Waals surface area contributed by atoms with Gasteiger partial charge in [0.15, 0.2) is 17.5 Å². The van der Waals surface area contributed by atoms with Gasteiger partial charge in [0.2, 0.25) is 6.29 Å². The maximum absolute atomic E-state index is 13.2. The minimum Gasteiger partial charge on any atom is -0.464 e. The summed E-state index contributed by atoms with van der Waals surface area (Å²) in [5.74, 6) is -0.816. The Hall–Kier alpha value is -2.76. The van der Waals surface area contributed by atoms with Gasteiger partial charge in [-0.3, -0.25) is 9.59 Å². The second-order valence-corrected chi connectivity index (χ2v) is 7.73. The van der Waals surface area contributed by atoms with Gasteiger partial charge in [-0.05, 0) is 18.2 Å². The zero-order chi connectivity index (χ0) is 24.5. The quantitative estimate of drug-likeness (QED) is 0.359. The summed E-state index contributed by atoms with van der Waals surface area (Å²) in [4.78, 5) is 27.7. The van der Waals surface area contributed by atoms with E-state index in [2.05, 4.69) is 0 Å². The van der Waals surface area contributed by atoms with Crippen LogP contribution in [-0.2, 0) is 28.5 Å². The first kappa shape index (κ1) is 25.9. The standard InChI is InChI=1S/C24H31NO9/c1-25(14-22(29-2)30-3)24(28)20-12-16(13-21(34-20)32-11-10-31-9-8-26)18-15-33-19-7-5-4-6-17(19)23(18)27/h4-7,12,15-16,21-22,26H,8-11,13-14H2,1-3H3. The third-order valence-corrected chi connectivity index (χ3v) is 5.44. The molecule has 1 N–H and O–H groups in total. The molecule has 2 aromatic rings. The van der Waals surface area contributed by atoms with E-state index in [4.69, 9.17) is 33.2 Å². The number of fused-ring (bicyclic) bond motifs is 1. The van der Waals surface area contributed by atoms with Crippen LogP contribution in [-0.4, -0.2) is 82.7 Å². The molecule has 2 atom stereocenters. The first-order chi connectivity index (χ1) is 16.5. The summed E-state index contributed by atoms with van der Waals surface area (Å²) in [6.07, 6.45) is 1.97. The van der Waals surface area contributed by atoms with Crippen molar-refractivity contribution < 1.29 is 38.0 Å². The Morgan fingerprint density at radius 3 is 2.71 bits per heavy atom. The first-order valence-electron chi connectivity index (χ1n) is 11.0. The largest absolute Gasteiger partial charge is 0.464 e. The zero-order valence-corrected chi connectivity index (χ0v) is 19.6. The van der Waals surface area contributed by atoms with Crippen molar-refractivity contribution in [3.05, 3.63) is 58.2 Å². The molecule has 34 heavy (non-hydrogen) atoms. The number of hydrogen-bond acceptors (Lipinski definition) is 9. The molecule has 10 heteroatoms. The third kappa shape index (κ3) is 6.43. The molecular weight excluding hydrogens is 446 g/mol. The number of methoxy groups -OCH3 is 2. The van der Waals surface area contributed by atoms with E-state index in [9.17, 15) is 9.59 Å². The Bertz CT molecular complexity index is 1030. The molecular formula is C24H31NO9. The first-order valence-corrected chi connectivity index (χ1v) is 11.0. The molecule has 1 amide bonds. The fraction of sp³-hybridized carbons (Fsp3) is 0.500. The predicted octanol–water partition coefficient (Wildman–Crippen LogP) is 1.61. The van der Waals surface area contributed by atoms with Gasteiger partial charge in [0, 0.05) is 39.2 Å². The summed E-state index contributed by atoms with van der Waals surface area (Å²) in [6.45, 7) is 0.730. The van der Waals surface area contributed by atoms with Gasteiger partial charge >= 0.3 is 0 Å². The van der Waals surface area contributed by atoms with Crippen LogP contribution < -0.4 is 5.43 Å². The van der Waals surface area contributed by atoms with Gasteiger partial charge in [0.25, 0.3) is 5.91 Å². The summed E-state index contributed by atoms with van der Waals surface area (Å²) in [6, 6.07) is 7.00. The van der Waals surface area contributed by atoms with Crippen LogP contribution in [0.4, 0.5) is 0 Å². The molecule has 2 heterocycles. The SMILES string of the molecule is COC(CN(C)C(=O)C1=CC(c2coc3ccccc3c2=O)CC(OCCOCCO)O1)OC. The normalized spacial score (nSPS) is 18.1. The number of para-hydroxylation sites is 1. The van der Waals surface area contributed by atoms with Crippen LogP contribution in [0.25, 0.3) is 11.0 Å². The van der Waals surface area contributed by atoms with Gasteiger partial charge in [-0.25, -0.2) is 0 Å². The van der Waals surface area contributed by atoms with E-state index in [1.807, 2.05) is 0 Å². The van der Waals surface area contributed by atoms with Crippen molar-refractivity contribution in [2.75, 3.05) is 54.2 Å². The number of ether oxygens (including phenoxy) is 5. The van der Waals surface area contributed by atoms with Crippen molar-refractivity contribution in [2.24, 2.45) is 0 Å². The number of aliphatic hydroxyl groups excluding tert-OH is 1. The molecule has 186 valence electrons. The van der Waals surface area contributed by atoms with Gasteiger partial charge in [-0.2, -0.15) is 0 Å². The van der Waals surface area contributed by atoms with E-state index in [1.165, 1.54) is 25.4 Å². The number of nitrogens with zero attached hydrogens (tertiary/aromatic N) is 1. The summed E-state index contributed by atoms with van der Waals surface area (Å²) in [7, 11) is 4.57. The van der Waals surface area contributed by atoms with E-state index in [0.29, 0.717) is 23.0 Å². The van der Waals surface area contributed by atoms with Gasteiger partial charge in [0.05, 0.1) is 44.6 Å².